The predicted molar refractivity (Wildman–Crippen MR) is 109 cm³/mol. The number of para-hydroxylation sites is 1. The molecule has 0 spiro atoms. The van der Waals surface area contributed by atoms with E-state index in [2.05, 4.69) is 59.3 Å². The van der Waals surface area contributed by atoms with E-state index in [1.54, 1.807) is 11.3 Å². The second-order valence-electron chi connectivity index (χ2n) is 7.76. The standard InChI is InChI=1S/C21H27N3OS/c1-21(2,3)18-14-26-20(23-18)11-12-22-19(25)10-9-15-13-24(4)17-8-6-5-7-16(15)17/h5-8,13-14H,9-12H2,1-4H3,(H,22,25). The van der Waals surface area contributed by atoms with Gasteiger partial charge >= 0.3 is 0 Å². The second kappa shape index (κ2) is 7.62. The number of aromatic nitrogens is 2. The summed E-state index contributed by atoms with van der Waals surface area (Å²) >= 11 is 1.68. The van der Waals surface area contributed by atoms with Gasteiger partial charge < -0.3 is 9.88 Å². The average molecular weight is 370 g/mol. The molecule has 1 amide bonds. The molecule has 0 saturated heterocycles. The number of fused-ring (bicyclic) bond motifs is 1. The number of benzene rings is 1. The molecule has 0 atom stereocenters. The Balaban J connectivity index is 1.48. The minimum atomic E-state index is 0.0798. The van der Waals surface area contributed by atoms with Crippen molar-refractivity contribution in [1.29, 1.82) is 0 Å². The Morgan fingerprint density at radius 1 is 1.23 bits per heavy atom. The van der Waals surface area contributed by atoms with Gasteiger partial charge in [-0.25, -0.2) is 4.98 Å². The molecule has 26 heavy (non-hydrogen) atoms. The van der Waals surface area contributed by atoms with Gasteiger partial charge in [-0.15, -0.1) is 11.3 Å². The van der Waals surface area contributed by atoms with Crippen LogP contribution in [-0.4, -0.2) is 22.0 Å². The van der Waals surface area contributed by atoms with Gasteiger partial charge in [-0.2, -0.15) is 0 Å². The zero-order chi connectivity index (χ0) is 18.7. The highest BCUT2D eigenvalue weighted by Crippen LogP contribution is 2.24. The fourth-order valence-electron chi connectivity index (χ4n) is 3.04. The first kappa shape index (κ1) is 18.6. The van der Waals surface area contributed by atoms with Crippen molar-refractivity contribution in [2.45, 2.75) is 45.4 Å². The number of rotatable bonds is 6. The van der Waals surface area contributed by atoms with Crippen LogP contribution in [0, 0.1) is 0 Å². The number of nitrogens with zero attached hydrogens (tertiary/aromatic N) is 2. The maximum atomic E-state index is 12.2. The largest absolute Gasteiger partial charge is 0.356 e. The van der Waals surface area contributed by atoms with Gasteiger partial charge in [0.25, 0.3) is 0 Å². The van der Waals surface area contributed by atoms with E-state index in [9.17, 15) is 4.79 Å². The Morgan fingerprint density at radius 2 is 2.00 bits per heavy atom. The molecule has 4 nitrogen and oxygen atoms in total. The minimum Gasteiger partial charge on any atom is -0.356 e. The lowest BCUT2D eigenvalue weighted by Crippen LogP contribution is -2.25. The van der Waals surface area contributed by atoms with E-state index in [0.29, 0.717) is 13.0 Å². The summed E-state index contributed by atoms with van der Waals surface area (Å²) in [5.74, 6) is 0.102. The summed E-state index contributed by atoms with van der Waals surface area (Å²) in [5, 5.41) is 7.47. The van der Waals surface area contributed by atoms with E-state index >= 15 is 0 Å². The predicted octanol–water partition coefficient (Wildman–Crippen LogP) is 4.22. The van der Waals surface area contributed by atoms with Crippen molar-refractivity contribution in [2.75, 3.05) is 6.54 Å². The van der Waals surface area contributed by atoms with Crippen molar-refractivity contribution < 1.29 is 4.79 Å². The summed E-state index contributed by atoms with van der Waals surface area (Å²) < 4.78 is 2.12. The molecule has 0 aliphatic carbocycles. The molecule has 2 heterocycles. The summed E-state index contributed by atoms with van der Waals surface area (Å²) in [5.41, 5.74) is 3.64. The maximum Gasteiger partial charge on any atom is 0.220 e. The smallest absolute Gasteiger partial charge is 0.220 e. The first-order valence-corrected chi connectivity index (χ1v) is 9.97. The van der Waals surface area contributed by atoms with Crippen molar-refractivity contribution in [3.05, 3.63) is 52.1 Å². The zero-order valence-electron chi connectivity index (χ0n) is 16.0. The van der Waals surface area contributed by atoms with Crippen molar-refractivity contribution in [2.24, 2.45) is 7.05 Å². The van der Waals surface area contributed by atoms with E-state index in [1.165, 1.54) is 16.5 Å². The number of carbonyl (C=O) groups is 1. The Morgan fingerprint density at radius 3 is 2.73 bits per heavy atom. The summed E-state index contributed by atoms with van der Waals surface area (Å²) in [6, 6.07) is 8.32. The third-order valence-corrected chi connectivity index (χ3v) is 5.49. The number of thiazole rings is 1. The Kier molecular flexibility index (Phi) is 5.47. The lowest BCUT2D eigenvalue weighted by molar-refractivity contribution is -0.121. The van der Waals surface area contributed by atoms with Crippen LogP contribution in [0.2, 0.25) is 0 Å². The molecule has 0 bridgehead atoms. The van der Waals surface area contributed by atoms with Gasteiger partial charge in [-0.1, -0.05) is 39.0 Å². The molecule has 0 unspecified atom stereocenters. The molecule has 0 fully saturated rings. The number of hydrogen-bond donors (Lipinski definition) is 1. The SMILES string of the molecule is Cn1cc(CCC(=O)NCCc2nc(C(C)(C)C)cs2)c2ccccc21. The summed E-state index contributed by atoms with van der Waals surface area (Å²) in [6.45, 7) is 7.15. The molecule has 0 radical (unpaired) electrons. The van der Waals surface area contributed by atoms with Crippen LogP contribution in [0.15, 0.2) is 35.8 Å². The van der Waals surface area contributed by atoms with Gasteiger partial charge in [-0.3, -0.25) is 4.79 Å². The van der Waals surface area contributed by atoms with E-state index < -0.39 is 0 Å². The van der Waals surface area contributed by atoms with Crippen LogP contribution in [0.4, 0.5) is 0 Å². The number of amides is 1. The molecule has 0 saturated carbocycles. The lowest BCUT2D eigenvalue weighted by atomic mass is 9.93. The Hall–Kier alpha value is -2.14. The maximum absolute atomic E-state index is 12.2. The molecule has 2 aromatic heterocycles. The quantitative estimate of drug-likeness (QED) is 0.707. The third-order valence-electron chi connectivity index (χ3n) is 4.58. The molecule has 5 heteroatoms. The van der Waals surface area contributed by atoms with Gasteiger partial charge in [0.2, 0.25) is 5.91 Å². The van der Waals surface area contributed by atoms with Crippen molar-refractivity contribution in [1.82, 2.24) is 14.9 Å². The fourth-order valence-corrected chi connectivity index (χ4v) is 4.07. The molecule has 3 rings (SSSR count). The average Bonchev–Trinajstić information content (AvgIpc) is 3.19. The highest BCUT2D eigenvalue weighted by molar-refractivity contribution is 7.09. The van der Waals surface area contributed by atoms with E-state index in [1.807, 2.05) is 19.2 Å². The van der Waals surface area contributed by atoms with E-state index in [0.717, 1.165) is 23.5 Å². The molecule has 0 aliphatic rings. The first-order valence-electron chi connectivity index (χ1n) is 9.09. The van der Waals surface area contributed by atoms with Gasteiger partial charge in [0.1, 0.15) is 0 Å². The van der Waals surface area contributed by atoms with Crippen molar-refractivity contribution >= 4 is 28.1 Å². The Labute approximate surface area is 159 Å². The van der Waals surface area contributed by atoms with E-state index in [4.69, 9.17) is 0 Å². The Bertz CT molecular complexity index is 902. The van der Waals surface area contributed by atoms with Crippen LogP contribution in [0.1, 0.15) is 43.5 Å². The van der Waals surface area contributed by atoms with Crippen LogP contribution < -0.4 is 5.32 Å². The molecule has 1 aromatic carbocycles. The number of aryl methyl sites for hydroxylation is 2. The summed E-state index contributed by atoms with van der Waals surface area (Å²) in [4.78, 5) is 16.9. The minimum absolute atomic E-state index is 0.0798. The second-order valence-corrected chi connectivity index (χ2v) is 8.70. The molecule has 138 valence electrons. The topological polar surface area (TPSA) is 46.9 Å². The molecular formula is C21H27N3OS. The van der Waals surface area contributed by atoms with Crippen LogP contribution in [0.25, 0.3) is 10.9 Å². The molecule has 3 aromatic rings. The number of carbonyl (C=O) groups excluding carboxylic acids is 1. The lowest BCUT2D eigenvalue weighted by Gasteiger charge is -2.14. The summed E-state index contributed by atoms with van der Waals surface area (Å²) in [6.07, 6.45) is 4.19. The zero-order valence-corrected chi connectivity index (χ0v) is 16.8. The highest BCUT2D eigenvalue weighted by Gasteiger charge is 2.17. The van der Waals surface area contributed by atoms with Crippen molar-refractivity contribution in [3.8, 4) is 0 Å². The van der Waals surface area contributed by atoms with Gasteiger partial charge in [0.15, 0.2) is 0 Å². The third kappa shape index (κ3) is 4.33. The highest BCUT2D eigenvalue weighted by atomic mass is 32.1. The van der Waals surface area contributed by atoms with Gasteiger partial charge in [0, 0.05) is 54.3 Å². The fraction of sp³-hybridized carbons (Fsp3) is 0.429. The first-order chi connectivity index (χ1) is 12.3. The monoisotopic (exact) mass is 369 g/mol. The molecular weight excluding hydrogens is 342 g/mol. The van der Waals surface area contributed by atoms with Gasteiger partial charge in [0.05, 0.1) is 10.7 Å². The normalized spacial score (nSPS) is 11.8. The van der Waals surface area contributed by atoms with Gasteiger partial charge in [-0.05, 0) is 18.1 Å². The number of nitrogens with one attached hydrogen (secondary N) is 1. The number of hydrogen-bond acceptors (Lipinski definition) is 3. The van der Waals surface area contributed by atoms with Crippen molar-refractivity contribution in [3.63, 3.8) is 0 Å². The van der Waals surface area contributed by atoms with Crippen LogP contribution in [0.3, 0.4) is 0 Å². The summed E-state index contributed by atoms with van der Waals surface area (Å²) in [7, 11) is 2.05. The van der Waals surface area contributed by atoms with Crippen LogP contribution in [-0.2, 0) is 30.1 Å². The van der Waals surface area contributed by atoms with Crippen LogP contribution >= 0.6 is 11.3 Å². The van der Waals surface area contributed by atoms with Crippen LogP contribution in [0.5, 0.6) is 0 Å². The molecule has 1 N–H and O–H groups in total. The van der Waals surface area contributed by atoms with E-state index in [-0.39, 0.29) is 11.3 Å². The molecule has 0 aliphatic heterocycles.